The normalized spacial score (nSPS) is 10.7. The van der Waals surface area contributed by atoms with Gasteiger partial charge in [0.05, 0.1) is 0 Å². The molecule has 1 amide bonds. The second-order valence-corrected chi connectivity index (χ2v) is 5.41. The molecular weight excluding hydrogens is 297 g/mol. The lowest BCUT2D eigenvalue weighted by Crippen LogP contribution is -2.32. The predicted octanol–water partition coefficient (Wildman–Crippen LogP) is 1.96. The number of nitrogens with one attached hydrogen (secondary N) is 2. The zero-order valence-corrected chi connectivity index (χ0v) is 13.4. The van der Waals surface area contributed by atoms with Gasteiger partial charge in [-0.25, -0.2) is 14.4 Å². The summed E-state index contributed by atoms with van der Waals surface area (Å²) in [4.78, 5) is 22.6. The summed E-state index contributed by atoms with van der Waals surface area (Å²) in [5.74, 6) is -0.268. The molecule has 1 heterocycles. The number of likely N-dealkylation sites (N-methyl/N-ethyl adjacent to an activating group) is 1. The molecule has 0 atom stereocenters. The lowest BCUT2D eigenvalue weighted by atomic mass is 10.3. The minimum absolute atomic E-state index is 0.250. The van der Waals surface area contributed by atoms with Gasteiger partial charge in [-0.2, -0.15) is 0 Å². The number of rotatable bonds is 6. The second-order valence-electron chi connectivity index (χ2n) is 5.41. The summed E-state index contributed by atoms with van der Waals surface area (Å²) in [5.41, 5.74) is 1.61. The van der Waals surface area contributed by atoms with Crippen molar-refractivity contribution in [1.29, 1.82) is 0 Å². The Bertz CT molecular complexity index is 673. The van der Waals surface area contributed by atoms with Crippen molar-refractivity contribution in [2.45, 2.75) is 6.92 Å². The summed E-state index contributed by atoms with van der Waals surface area (Å²) in [6.07, 6.45) is 0. The molecule has 0 aliphatic heterocycles. The van der Waals surface area contributed by atoms with Gasteiger partial charge in [0.15, 0.2) is 0 Å². The Kier molecular flexibility index (Phi) is 5.59. The summed E-state index contributed by atoms with van der Waals surface area (Å²) in [7, 11) is 3.87. The third-order valence-electron chi connectivity index (χ3n) is 3.03. The van der Waals surface area contributed by atoms with Crippen molar-refractivity contribution in [2.24, 2.45) is 0 Å². The first-order chi connectivity index (χ1) is 10.9. The summed E-state index contributed by atoms with van der Waals surface area (Å²) < 4.78 is 12.9. The number of nitrogens with zero attached hydrogens (tertiary/aromatic N) is 3. The Hall–Kier alpha value is -2.54. The van der Waals surface area contributed by atoms with Gasteiger partial charge in [-0.15, -0.1) is 0 Å². The number of halogens is 1. The van der Waals surface area contributed by atoms with E-state index >= 15 is 0 Å². The van der Waals surface area contributed by atoms with Crippen LogP contribution < -0.4 is 10.6 Å². The van der Waals surface area contributed by atoms with Crippen molar-refractivity contribution in [3.05, 3.63) is 47.5 Å². The van der Waals surface area contributed by atoms with E-state index < -0.39 is 0 Å². The highest BCUT2D eigenvalue weighted by Crippen LogP contribution is 2.14. The third kappa shape index (κ3) is 5.30. The van der Waals surface area contributed by atoms with Crippen LogP contribution in [0.2, 0.25) is 0 Å². The lowest BCUT2D eigenvalue weighted by molar-refractivity contribution is 0.0946. The Balaban J connectivity index is 2.08. The number of aromatic nitrogens is 2. The summed E-state index contributed by atoms with van der Waals surface area (Å²) >= 11 is 0. The molecule has 1 aromatic heterocycles. The number of aryl methyl sites for hydroxylation is 1. The fourth-order valence-electron chi connectivity index (χ4n) is 1.89. The number of hydrogen-bond acceptors (Lipinski definition) is 5. The van der Waals surface area contributed by atoms with Crippen molar-refractivity contribution >= 4 is 17.5 Å². The fraction of sp³-hybridized carbons (Fsp3) is 0.312. The van der Waals surface area contributed by atoms with Crippen LogP contribution in [0.25, 0.3) is 0 Å². The number of carbonyl (C=O) groups is 1. The molecule has 0 radical (unpaired) electrons. The van der Waals surface area contributed by atoms with Crippen LogP contribution in [0.4, 0.5) is 16.0 Å². The van der Waals surface area contributed by atoms with Gasteiger partial charge in [0.1, 0.15) is 11.5 Å². The smallest absolute Gasteiger partial charge is 0.270 e. The van der Waals surface area contributed by atoms with E-state index in [9.17, 15) is 9.18 Å². The molecule has 2 rings (SSSR count). The predicted molar refractivity (Wildman–Crippen MR) is 87.3 cm³/mol. The van der Waals surface area contributed by atoms with Crippen LogP contribution in [0.5, 0.6) is 0 Å². The van der Waals surface area contributed by atoms with E-state index in [1.54, 1.807) is 25.1 Å². The molecule has 0 bridgehead atoms. The van der Waals surface area contributed by atoms with Gasteiger partial charge in [-0.3, -0.25) is 4.79 Å². The van der Waals surface area contributed by atoms with Crippen LogP contribution in [-0.2, 0) is 0 Å². The maximum absolute atomic E-state index is 12.9. The minimum atomic E-state index is -0.318. The van der Waals surface area contributed by atoms with Crippen LogP contribution >= 0.6 is 0 Å². The van der Waals surface area contributed by atoms with Crippen LogP contribution in [0.1, 0.15) is 16.2 Å². The molecule has 1 aromatic carbocycles. The van der Waals surface area contributed by atoms with E-state index in [1.807, 2.05) is 19.0 Å². The van der Waals surface area contributed by atoms with E-state index in [-0.39, 0.29) is 11.7 Å². The molecular formula is C16H20FN5O. The molecule has 122 valence electrons. The largest absolute Gasteiger partial charge is 0.349 e. The average Bonchev–Trinajstić information content (AvgIpc) is 2.48. The SMILES string of the molecule is Cc1cc(C(=O)NCCN(C)C)nc(Nc2ccc(F)cc2)n1. The second kappa shape index (κ2) is 7.64. The van der Waals surface area contributed by atoms with Crippen molar-refractivity contribution in [3.63, 3.8) is 0 Å². The van der Waals surface area contributed by atoms with E-state index in [1.165, 1.54) is 12.1 Å². The summed E-state index contributed by atoms with van der Waals surface area (Å²) in [6.45, 7) is 3.07. The molecule has 0 aliphatic rings. The van der Waals surface area contributed by atoms with E-state index in [0.717, 1.165) is 6.54 Å². The van der Waals surface area contributed by atoms with Gasteiger partial charge in [-0.1, -0.05) is 0 Å². The van der Waals surface area contributed by atoms with E-state index in [4.69, 9.17) is 0 Å². The Morgan fingerprint density at radius 3 is 2.57 bits per heavy atom. The lowest BCUT2D eigenvalue weighted by Gasteiger charge is -2.11. The molecule has 6 nitrogen and oxygen atoms in total. The zero-order valence-electron chi connectivity index (χ0n) is 13.4. The van der Waals surface area contributed by atoms with Crippen LogP contribution in [-0.4, -0.2) is 48.0 Å². The standard InChI is InChI=1S/C16H20FN5O/c1-11-10-14(15(23)18-8-9-22(2)3)21-16(19-11)20-13-6-4-12(17)5-7-13/h4-7,10H,8-9H2,1-3H3,(H,18,23)(H,19,20,21). The van der Waals surface area contributed by atoms with Crippen LogP contribution in [0.3, 0.4) is 0 Å². The highest BCUT2D eigenvalue weighted by Gasteiger charge is 2.10. The Morgan fingerprint density at radius 2 is 1.91 bits per heavy atom. The molecule has 7 heteroatoms. The first-order valence-corrected chi connectivity index (χ1v) is 7.25. The highest BCUT2D eigenvalue weighted by atomic mass is 19.1. The van der Waals surface area contributed by atoms with E-state index in [0.29, 0.717) is 29.6 Å². The molecule has 2 aromatic rings. The van der Waals surface area contributed by atoms with Crippen molar-refractivity contribution in [1.82, 2.24) is 20.2 Å². The molecule has 0 saturated heterocycles. The third-order valence-corrected chi connectivity index (χ3v) is 3.03. The average molecular weight is 317 g/mol. The van der Waals surface area contributed by atoms with Gasteiger partial charge in [0.25, 0.3) is 5.91 Å². The minimum Gasteiger partial charge on any atom is -0.349 e. The summed E-state index contributed by atoms with van der Waals surface area (Å²) in [6, 6.07) is 7.47. The van der Waals surface area contributed by atoms with Gasteiger partial charge < -0.3 is 15.5 Å². The Morgan fingerprint density at radius 1 is 1.22 bits per heavy atom. The van der Waals surface area contributed by atoms with Crippen molar-refractivity contribution in [2.75, 3.05) is 32.5 Å². The number of amides is 1. The van der Waals surface area contributed by atoms with E-state index in [2.05, 4.69) is 20.6 Å². The molecule has 0 saturated carbocycles. The fourth-order valence-corrected chi connectivity index (χ4v) is 1.89. The maximum atomic E-state index is 12.9. The molecule has 0 spiro atoms. The monoisotopic (exact) mass is 317 g/mol. The number of hydrogen-bond donors (Lipinski definition) is 2. The first kappa shape index (κ1) is 16.8. The van der Waals surface area contributed by atoms with Gasteiger partial charge in [0.2, 0.25) is 5.95 Å². The topological polar surface area (TPSA) is 70.2 Å². The molecule has 0 fully saturated rings. The van der Waals surface area contributed by atoms with Crippen molar-refractivity contribution < 1.29 is 9.18 Å². The quantitative estimate of drug-likeness (QED) is 0.852. The molecule has 23 heavy (non-hydrogen) atoms. The van der Waals surface area contributed by atoms with Gasteiger partial charge >= 0.3 is 0 Å². The first-order valence-electron chi connectivity index (χ1n) is 7.25. The van der Waals surface area contributed by atoms with Crippen LogP contribution in [0.15, 0.2) is 30.3 Å². The molecule has 0 aliphatic carbocycles. The number of carbonyl (C=O) groups excluding carboxylic acids is 1. The van der Waals surface area contributed by atoms with Gasteiger partial charge in [0, 0.05) is 24.5 Å². The zero-order chi connectivity index (χ0) is 16.8. The van der Waals surface area contributed by atoms with Crippen LogP contribution in [0, 0.1) is 12.7 Å². The highest BCUT2D eigenvalue weighted by molar-refractivity contribution is 5.92. The molecule has 2 N–H and O–H groups in total. The van der Waals surface area contributed by atoms with Crippen molar-refractivity contribution in [3.8, 4) is 0 Å². The maximum Gasteiger partial charge on any atom is 0.270 e. The van der Waals surface area contributed by atoms with Gasteiger partial charge in [-0.05, 0) is 51.4 Å². The number of anilines is 2. The summed E-state index contributed by atoms with van der Waals surface area (Å²) in [5, 5.41) is 5.77. The Labute approximate surface area is 134 Å². The molecule has 0 unspecified atom stereocenters. The number of benzene rings is 1.